The van der Waals surface area contributed by atoms with E-state index in [-0.39, 0.29) is 10.8 Å². The molecular weight excluding hydrogens is 376 g/mol. The average Bonchev–Trinajstić information content (AvgIpc) is 3.16. The zero-order valence-electron chi connectivity index (χ0n) is 16.2. The summed E-state index contributed by atoms with van der Waals surface area (Å²) < 4.78 is 30.5. The van der Waals surface area contributed by atoms with Gasteiger partial charge in [0.1, 0.15) is 0 Å². The van der Waals surface area contributed by atoms with E-state index >= 15 is 0 Å². The Bertz CT molecular complexity index is 928. The molecule has 0 heterocycles. The van der Waals surface area contributed by atoms with Crippen molar-refractivity contribution in [3.05, 3.63) is 65.2 Å². The minimum absolute atomic E-state index is 0.158. The molecule has 1 saturated carbocycles. The molecule has 0 spiro atoms. The van der Waals surface area contributed by atoms with Gasteiger partial charge >= 0.3 is 5.97 Å². The summed E-state index contributed by atoms with van der Waals surface area (Å²) in [4.78, 5) is 11.9. The fourth-order valence-electron chi connectivity index (χ4n) is 4.02. The number of aryl methyl sites for hydroxylation is 1. The highest BCUT2D eigenvalue weighted by molar-refractivity contribution is 7.86. The second-order valence-corrected chi connectivity index (χ2v) is 9.03. The van der Waals surface area contributed by atoms with Gasteiger partial charge in [-0.25, -0.2) is 0 Å². The SMILES string of the molecule is Cc1ccccc1S(=O)(=O)OC(C)c1ccc(C(C(=O)O)C2CCCC2)cc1. The van der Waals surface area contributed by atoms with Crippen LogP contribution in [0.25, 0.3) is 0 Å². The number of aliphatic carboxylic acids is 1. The summed E-state index contributed by atoms with van der Waals surface area (Å²) in [5.41, 5.74) is 2.08. The summed E-state index contributed by atoms with van der Waals surface area (Å²) in [5, 5.41) is 9.67. The lowest BCUT2D eigenvalue weighted by Gasteiger charge is -2.20. The molecule has 0 radical (unpaired) electrons. The summed E-state index contributed by atoms with van der Waals surface area (Å²) in [5.74, 6) is -1.15. The number of benzene rings is 2. The van der Waals surface area contributed by atoms with Gasteiger partial charge in [0.15, 0.2) is 0 Å². The van der Waals surface area contributed by atoms with Crippen LogP contribution in [0.4, 0.5) is 0 Å². The van der Waals surface area contributed by atoms with E-state index in [1.54, 1.807) is 56.3 Å². The normalized spacial score (nSPS) is 17.4. The summed E-state index contributed by atoms with van der Waals surface area (Å²) in [7, 11) is -3.89. The maximum atomic E-state index is 12.6. The number of hydrogen-bond acceptors (Lipinski definition) is 4. The molecular formula is C22H26O5S. The van der Waals surface area contributed by atoms with E-state index in [1.165, 1.54) is 6.07 Å². The Morgan fingerprint density at radius 2 is 1.61 bits per heavy atom. The van der Waals surface area contributed by atoms with Crippen LogP contribution < -0.4 is 0 Å². The predicted octanol–water partition coefficient (Wildman–Crippen LogP) is 4.82. The quantitative estimate of drug-likeness (QED) is 0.672. The molecule has 2 aromatic carbocycles. The molecule has 5 nitrogen and oxygen atoms in total. The highest BCUT2D eigenvalue weighted by Gasteiger charge is 2.32. The second kappa shape index (κ2) is 8.45. The van der Waals surface area contributed by atoms with Gasteiger partial charge in [-0.05, 0) is 55.4 Å². The fraction of sp³-hybridized carbons (Fsp3) is 0.409. The van der Waals surface area contributed by atoms with Crippen LogP contribution in [0.5, 0.6) is 0 Å². The Balaban J connectivity index is 1.77. The van der Waals surface area contributed by atoms with Crippen LogP contribution in [0.1, 0.15) is 61.3 Å². The van der Waals surface area contributed by atoms with Gasteiger partial charge in [0, 0.05) is 0 Å². The third-order valence-electron chi connectivity index (χ3n) is 5.54. The highest BCUT2D eigenvalue weighted by atomic mass is 32.2. The predicted molar refractivity (Wildman–Crippen MR) is 107 cm³/mol. The van der Waals surface area contributed by atoms with Crippen LogP contribution >= 0.6 is 0 Å². The maximum Gasteiger partial charge on any atom is 0.311 e. The van der Waals surface area contributed by atoms with Crippen LogP contribution in [0.3, 0.4) is 0 Å². The van der Waals surface area contributed by atoms with Crippen molar-refractivity contribution in [2.45, 2.75) is 56.4 Å². The van der Waals surface area contributed by atoms with Gasteiger partial charge in [0.2, 0.25) is 0 Å². The van der Waals surface area contributed by atoms with Crippen molar-refractivity contribution in [1.29, 1.82) is 0 Å². The van der Waals surface area contributed by atoms with Gasteiger partial charge < -0.3 is 5.11 Å². The zero-order chi connectivity index (χ0) is 20.3. The third-order valence-corrected chi connectivity index (χ3v) is 7.08. The molecule has 2 aromatic rings. The van der Waals surface area contributed by atoms with Crippen molar-refractivity contribution in [1.82, 2.24) is 0 Å². The average molecular weight is 403 g/mol. The molecule has 0 saturated heterocycles. The van der Waals surface area contributed by atoms with E-state index < -0.39 is 28.1 Å². The fourth-order valence-corrected chi connectivity index (χ4v) is 5.32. The van der Waals surface area contributed by atoms with E-state index in [0.29, 0.717) is 11.1 Å². The number of carbonyl (C=O) groups is 1. The molecule has 0 bridgehead atoms. The molecule has 2 unspecified atom stereocenters. The molecule has 0 amide bonds. The Kier molecular flexibility index (Phi) is 6.20. The van der Waals surface area contributed by atoms with Crippen molar-refractivity contribution in [3.63, 3.8) is 0 Å². The molecule has 3 rings (SSSR count). The molecule has 0 aromatic heterocycles. The molecule has 0 aliphatic heterocycles. The molecule has 150 valence electrons. The van der Waals surface area contributed by atoms with Gasteiger partial charge in [-0.1, -0.05) is 55.3 Å². The molecule has 28 heavy (non-hydrogen) atoms. The largest absolute Gasteiger partial charge is 0.481 e. The molecule has 1 aliphatic rings. The lowest BCUT2D eigenvalue weighted by atomic mass is 9.84. The van der Waals surface area contributed by atoms with E-state index in [1.807, 2.05) is 0 Å². The van der Waals surface area contributed by atoms with Crippen LogP contribution in [-0.4, -0.2) is 19.5 Å². The standard InChI is InChI=1S/C22H26O5S/c1-15-7-3-6-10-20(15)28(25,26)27-16(2)17-11-13-19(14-12-17)21(22(23)24)18-8-4-5-9-18/h3,6-7,10-14,16,18,21H,4-5,8-9H2,1-2H3,(H,23,24). The Hall–Kier alpha value is -2.18. The number of carboxylic acids is 1. The van der Waals surface area contributed by atoms with Crippen molar-refractivity contribution in [2.24, 2.45) is 5.92 Å². The molecule has 6 heteroatoms. The first kappa shape index (κ1) is 20.6. The van der Waals surface area contributed by atoms with E-state index in [9.17, 15) is 18.3 Å². The smallest absolute Gasteiger partial charge is 0.311 e. The van der Waals surface area contributed by atoms with Crippen LogP contribution in [0, 0.1) is 12.8 Å². The number of carboxylic acid groups (broad SMARTS) is 1. The van der Waals surface area contributed by atoms with Crippen molar-refractivity contribution in [2.75, 3.05) is 0 Å². The van der Waals surface area contributed by atoms with Crippen molar-refractivity contribution >= 4 is 16.1 Å². The zero-order valence-corrected chi connectivity index (χ0v) is 17.0. The Labute approximate surface area is 166 Å². The second-order valence-electron chi connectivity index (χ2n) is 7.49. The van der Waals surface area contributed by atoms with E-state index in [0.717, 1.165) is 31.2 Å². The van der Waals surface area contributed by atoms with E-state index in [2.05, 4.69) is 0 Å². The van der Waals surface area contributed by atoms with Gasteiger partial charge in [-0.15, -0.1) is 0 Å². The number of hydrogen-bond donors (Lipinski definition) is 1. The maximum absolute atomic E-state index is 12.6. The van der Waals surface area contributed by atoms with Crippen molar-refractivity contribution in [3.8, 4) is 0 Å². The molecule has 2 atom stereocenters. The minimum atomic E-state index is -3.89. The summed E-state index contributed by atoms with van der Waals surface area (Å²) in [6.07, 6.45) is 3.36. The van der Waals surface area contributed by atoms with Gasteiger partial charge in [0.05, 0.1) is 16.9 Å². The van der Waals surface area contributed by atoms with Crippen LogP contribution in [0.2, 0.25) is 0 Å². The monoisotopic (exact) mass is 402 g/mol. The first-order valence-electron chi connectivity index (χ1n) is 9.61. The van der Waals surface area contributed by atoms with Crippen LogP contribution in [0.15, 0.2) is 53.4 Å². The molecule has 1 fully saturated rings. The van der Waals surface area contributed by atoms with Crippen molar-refractivity contribution < 1.29 is 22.5 Å². The van der Waals surface area contributed by atoms with Crippen LogP contribution in [-0.2, 0) is 19.1 Å². The molecule has 1 N–H and O–H groups in total. The van der Waals surface area contributed by atoms with Gasteiger partial charge in [-0.2, -0.15) is 8.42 Å². The Morgan fingerprint density at radius 3 is 2.18 bits per heavy atom. The minimum Gasteiger partial charge on any atom is -0.481 e. The number of rotatable bonds is 7. The first-order valence-corrected chi connectivity index (χ1v) is 11.0. The van der Waals surface area contributed by atoms with Gasteiger partial charge in [-0.3, -0.25) is 8.98 Å². The summed E-state index contributed by atoms with van der Waals surface area (Å²) >= 11 is 0. The van der Waals surface area contributed by atoms with E-state index in [4.69, 9.17) is 4.18 Å². The first-order chi connectivity index (χ1) is 13.3. The summed E-state index contributed by atoms with van der Waals surface area (Å²) in [6, 6.07) is 13.8. The highest BCUT2D eigenvalue weighted by Crippen LogP contribution is 2.38. The lowest BCUT2D eigenvalue weighted by Crippen LogP contribution is -2.19. The third kappa shape index (κ3) is 4.45. The topological polar surface area (TPSA) is 80.7 Å². The lowest BCUT2D eigenvalue weighted by molar-refractivity contribution is -0.140. The Morgan fingerprint density at radius 1 is 1.04 bits per heavy atom. The van der Waals surface area contributed by atoms with Gasteiger partial charge in [0.25, 0.3) is 10.1 Å². The molecule has 1 aliphatic carbocycles. The summed E-state index contributed by atoms with van der Waals surface area (Å²) in [6.45, 7) is 3.40.